The van der Waals surface area contributed by atoms with Gasteiger partial charge < -0.3 is 33.5 Å². The maximum atomic E-state index is 11.7. The van der Waals surface area contributed by atoms with E-state index in [9.17, 15) is 14.4 Å². The van der Waals surface area contributed by atoms with Crippen LogP contribution in [-0.4, -0.2) is 89.6 Å². The maximum Gasteiger partial charge on any atom is 0.311 e. The summed E-state index contributed by atoms with van der Waals surface area (Å²) in [6.45, 7) is 22.4. The van der Waals surface area contributed by atoms with Crippen molar-refractivity contribution in [1.82, 2.24) is 0 Å². The van der Waals surface area contributed by atoms with Crippen molar-refractivity contribution in [2.24, 2.45) is 16.2 Å². The fourth-order valence-electron chi connectivity index (χ4n) is 2.46. The van der Waals surface area contributed by atoms with Crippen molar-refractivity contribution >= 4 is 17.9 Å². The van der Waals surface area contributed by atoms with Crippen molar-refractivity contribution in [1.29, 1.82) is 0 Å². The molecule has 0 saturated heterocycles. The van der Waals surface area contributed by atoms with Crippen LogP contribution in [0.4, 0.5) is 0 Å². The minimum atomic E-state index is -0.582. The summed E-state index contributed by atoms with van der Waals surface area (Å²) >= 11 is 0. The smallest absolute Gasteiger partial charge is 0.311 e. The number of methoxy groups -OCH3 is 2. The Hall–Kier alpha value is -1.75. The molecule has 0 amide bonds. The summed E-state index contributed by atoms with van der Waals surface area (Å²) in [5, 5.41) is 8.86. The average Bonchev–Trinajstić information content (AvgIpc) is 2.97. The van der Waals surface area contributed by atoms with Gasteiger partial charge in [-0.05, 0) is 93.4 Å². The highest BCUT2D eigenvalue weighted by molar-refractivity contribution is 5.76. The van der Waals surface area contributed by atoms with E-state index in [2.05, 4.69) is 0 Å². The second-order valence-corrected chi connectivity index (χ2v) is 12.4. The second-order valence-electron chi connectivity index (χ2n) is 12.4. The van der Waals surface area contributed by atoms with Crippen molar-refractivity contribution in [3.8, 4) is 0 Å². The number of aliphatic hydroxyl groups is 1. The molecule has 0 aliphatic carbocycles. The molecule has 0 aliphatic rings. The van der Waals surface area contributed by atoms with Crippen LogP contribution in [-0.2, 0) is 42.8 Å². The first kappa shape index (κ1) is 45.7. The van der Waals surface area contributed by atoms with Gasteiger partial charge in [0.15, 0.2) is 0 Å². The Morgan fingerprint density at radius 2 is 0.907 bits per heavy atom. The largest absolute Gasteiger partial charge is 0.465 e. The third-order valence-electron chi connectivity index (χ3n) is 7.09. The van der Waals surface area contributed by atoms with Crippen molar-refractivity contribution in [3.05, 3.63) is 0 Å². The molecule has 10 heteroatoms. The Kier molecular flexibility index (Phi) is 28.3. The molecule has 0 rings (SSSR count). The Morgan fingerprint density at radius 3 is 1.28 bits per heavy atom. The zero-order chi connectivity index (χ0) is 34.0. The molecule has 0 aromatic rings. The van der Waals surface area contributed by atoms with Crippen LogP contribution in [0.15, 0.2) is 0 Å². The summed E-state index contributed by atoms with van der Waals surface area (Å²) in [7, 11) is 3.29. The van der Waals surface area contributed by atoms with Gasteiger partial charge in [0.2, 0.25) is 0 Å². The highest BCUT2D eigenvalue weighted by Crippen LogP contribution is 2.22. The molecule has 1 unspecified atom stereocenters. The van der Waals surface area contributed by atoms with E-state index in [1.54, 1.807) is 21.1 Å². The van der Waals surface area contributed by atoms with E-state index < -0.39 is 11.5 Å². The molecule has 0 heterocycles. The lowest BCUT2D eigenvalue weighted by atomic mass is 9.91. The summed E-state index contributed by atoms with van der Waals surface area (Å²) < 4.78 is 30.3. The predicted molar refractivity (Wildman–Crippen MR) is 170 cm³/mol. The van der Waals surface area contributed by atoms with Crippen molar-refractivity contribution in [3.63, 3.8) is 0 Å². The van der Waals surface area contributed by atoms with Gasteiger partial charge >= 0.3 is 17.9 Å². The van der Waals surface area contributed by atoms with Crippen LogP contribution in [0.1, 0.15) is 114 Å². The van der Waals surface area contributed by atoms with E-state index in [1.807, 2.05) is 62.3 Å². The summed E-state index contributed by atoms with van der Waals surface area (Å²) in [4.78, 5) is 34.2. The van der Waals surface area contributed by atoms with Crippen LogP contribution in [0.3, 0.4) is 0 Å². The number of hydrogen-bond donors (Lipinski definition) is 1. The van der Waals surface area contributed by atoms with Gasteiger partial charge in [0.25, 0.3) is 0 Å². The molecule has 1 N–H and O–H groups in total. The van der Waals surface area contributed by atoms with Crippen LogP contribution in [0.5, 0.6) is 0 Å². The van der Waals surface area contributed by atoms with E-state index in [0.717, 1.165) is 64.8 Å². The fourth-order valence-corrected chi connectivity index (χ4v) is 2.46. The molecule has 10 nitrogen and oxygen atoms in total. The minimum Gasteiger partial charge on any atom is -0.465 e. The van der Waals surface area contributed by atoms with Gasteiger partial charge in [-0.2, -0.15) is 0 Å². The molecule has 0 aromatic heterocycles. The quantitative estimate of drug-likeness (QED) is 0.0905. The van der Waals surface area contributed by atoms with E-state index in [0.29, 0.717) is 19.8 Å². The van der Waals surface area contributed by atoms with Crippen LogP contribution in [0, 0.1) is 16.2 Å². The Morgan fingerprint density at radius 1 is 0.558 bits per heavy atom. The molecule has 43 heavy (non-hydrogen) atoms. The molecule has 0 spiro atoms. The highest BCUT2D eigenvalue weighted by atomic mass is 16.6. The predicted octanol–water partition coefficient (Wildman–Crippen LogP) is 6.15. The molecule has 258 valence electrons. The molecule has 0 aliphatic heterocycles. The molecule has 0 radical (unpaired) electrons. The minimum absolute atomic E-state index is 0.0856. The summed E-state index contributed by atoms with van der Waals surface area (Å²) in [6, 6.07) is 0. The van der Waals surface area contributed by atoms with Crippen molar-refractivity contribution < 1.29 is 47.9 Å². The number of carbonyl (C=O) groups excluding carboxylic acids is 3. The lowest BCUT2D eigenvalue weighted by molar-refractivity contribution is -0.157. The summed E-state index contributed by atoms with van der Waals surface area (Å²) in [5.74, 6) is -0.497. The van der Waals surface area contributed by atoms with Gasteiger partial charge in [0.1, 0.15) is 13.2 Å². The number of hydrogen-bond acceptors (Lipinski definition) is 10. The van der Waals surface area contributed by atoms with Crippen LogP contribution < -0.4 is 0 Å². The Balaban J connectivity index is -0.000000584. The summed E-state index contributed by atoms with van der Waals surface area (Å²) in [5.41, 5.74) is -1.17. The Bertz CT molecular complexity index is 702. The molecular formula is C33H66O10. The number of carbonyl (C=O) groups is 3. The van der Waals surface area contributed by atoms with Crippen LogP contribution in [0.2, 0.25) is 0 Å². The molecule has 1 atom stereocenters. The van der Waals surface area contributed by atoms with E-state index in [4.69, 9.17) is 33.5 Å². The van der Waals surface area contributed by atoms with E-state index in [1.165, 1.54) is 0 Å². The first-order valence-corrected chi connectivity index (χ1v) is 15.7. The molecule has 0 saturated carbocycles. The standard InChI is InChI=1S/C15H30O4.2C9H18O3/c1-5-15(2,3)14(16)19-13-9-8-12-18-11-7-6-10-17-4;1-5-9(2,3)8(10)12-7-6-11-4;1-5-9(3,4)8(11)12-6-7(2)10/h5-13H2,1-4H3;5-7H2,1-4H3;7,10H,5-6H2,1-4H3. The maximum absolute atomic E-state index is 11.7. The number of aliphatic hydroxyl groups excluding tert-OH is 1. The molecular weight excluding hydrogens is 556 g/mol. The van der Waals surface area contributed by atoms with Crippen molar-refractivity contribution in [2.75, 3.05) is 60.5 Å². The lowest BCUT2D eigenvalue weighted by Gasteiger charge is -2.20. The number of esters is 3. The number of ether oxygens (including phenoxy) is 6. The van der Waals surface area contributed by atoms with Gasteiger partial charge in [-0.3, -0.25) is 14.4 Å². The molecule has 0 fully saturated rings. The summed E-state index contributed by atoms with van der Waals surface area (Å²) in [6.07, 6.45) is 5.63. The van der Waals surface area contributed by atoms with Gasteiger partial charge in [0.05, 0.1) is 35.6 Å². The zero-order valence-corrected chi connectivity index (χ0v) is 29.6. The van der Waals surface area contributed by atoms with Gasteiger partial charge in [0, 0.05) is 34.0 Å². The third-order valence-corrected chi connectivity index (χ3v) is 7.09. The first-order chi connectivity index (χ1) is 20.0. The van der Waals surface area contributed by atoms with Crippen LogP contribution in [0.25, 0.3) is 0 Å². The number of unbranched alkanes of at least 4 members (excludes halogenated alkanes) is 2. The Labute approximate surface area is 262 Å². The monoisotopic (exact) mass is 622 g/mol. The highest BCUT2D eigenvalue weighted by Gasteiger charge is 2.28. The average molecular weight is 623 g/mol. The zero-order valence-electron chi connectivity index (χ0n) is 29.6. The van der Waals surface area contributed by atoms with Crippen molar-refractivity contribution in [2.45, 2.75) is 120 Å². The van der Waals surface area contributed by atoms with E-state index >= 15 is 0 Å². The SMILES string of the molecule is CCC(C)(C)C(=O)OCC(C)O.CCC(C)(C)C(=O)OCCCCOCCCCOC.CCC(C)(C)C(=O)OCCOC. The van der Waals surface area contributed by atoms with Gasteiger partial charge in [-0.1, -0.05) is 20.8 Å². The van der Waals surface area contributed by atoms with Gasteiger partial charge in [-0.15, -0.1) is 0 Å². The molecule has 0 aromatic carbocycles. The van der Waals surface area contributed by atoms with E-state index in [-0.39, 0.29) is 35.3 Å². The van der Waals surface area contributed by atoms with Crippen LogP contribution >= 0.6 is 0 Å². The lowest BCUT2D eigenvalue weighted by Crippen LogP contribution is -2.28. The second kappa shape index (κ2) is 26.6. The topological polar surface area (TPSA) is 127 Å². The number of rotatable bonds is 21. The first-order valence-electron chi connectivity index (χ1n) is 15.7. The molecule has 0 bridgehead atoms. The fraction of sp³-hybridized carbons (Fsp3) is 0.909. The normalized spacial score (nSPS) is 12.2. The van der Waals surface area contributed by atoms with Gasteiger partial charge in [-0.25, -0.2) is 0 Å². The third kappa shape index (κ3) is 26.4.